The third-order valence-electron chi connectivity index (χ3n) is 3.24. The number of hydrogen-bond donors (Lipinski definition) is 1. The van der Waals surface area contributed by atoms with Crippen LogP contribution in [0.5, 0.6) is 0 Å². The summed E-state index contributed by atoms with van der Waals surface area (Å²) in [6.45, 7) is 0. The zero-order chi connectivity index (χ0) is 14.8. The first-order valence-electron chi connectivity index (χ1n) is 6.31. The van der Waals surface area contributed by atoms with E-state index in [0.29, 0.717) is 10.9 Å². The van der Waals surface area contributed by atoms with Gasteiger partial charge in [-0.15, -0.1) is 11.8 Å². The second-order valence-corrected chi connectivity index (χ2v) is 5.23. The van der Waals surface area contributed by atoms with E-state index < -0.39 is 5.56 Å². The highest BCUT2D eigenvalue weighted by molar-refractivity contribution is 7.98. The SMILES string of the molecule is CSc1nc(-c2cccc3ccccc23)[nH]c(=O)c1C#N. The van der Waals surface area contributed by atoms with E-state index >= 15 is 0 Å². The third kappa shape index (κ3) is 2.30. The van der Waals surface area contributed by atoms with Crippen LogP contribution in [0.25, 0.3) is 22.2 Å². The predicted molar refractivity (Wildman–Crippen MR) is 84.3 cm³/mol. The molecule has 0 atom stereocenters. The Kier molecular flexibility index (Phi) is 3.46. The van der Waals surface area contributed by atoms with Crippen molar-refractivity contribution in [1.29, 1.82) is 5.26 Å². The number of thioether (sulfide) groups is 1. The first-order valence-corrected chi connectivity index (χ1v) is 7.53. The first kappa shape index (κ1) is 13.4. The molecule has 0 saturated heterocycles. The molecule has 1 heterocycles. The van der Waals surface area contributed by atoms with E-state index in [1.807, 2.05) is 48.5 Å². The zero-order valence-electron chi connectivity index (χ0n) is 11.3. The van der Waals surface area contributed by atoms with Crippen molar-refractivity contribution in [2.24, 2.45) is 0 Å². The average Bonchev–Trinajstić information content (AvgIpc) is 2.53. The molecule has 4 nitrogen and oxygen atoms in total. The Morgan fingerprint density at radius 3 is 2.71 bits per heavy atom. The van der Waals surface area contributed by atoms with Gasteiger partial charge in [-0.3, -0.25) is 4.79 Å². The summed E-state index contributed by atoms with van der Waals surface area (Å²) in [5.41, 5.74) is 0.510. The minimum absolute atomic E-state index is 0.0616. The summed E-state index contributed by atoms with van der Waals surface area (Å²) in [6.07, 6.45) is 1.80. The number of aromatic nitrogens is 2. The Balaban J connectivity index is 2.32. The molecule has 0 saturated carbocycles. The van der Waals surface area contributed by atoms with Crippen LogP contribution in [-0.4, -0.2) is 16.2 Å². The van der Waals surface area contributed by atoms with E-state index in [1.54, 1.807) is 6.26 Å². The molecule has 21 heavy (non-hydrogen) atoms. The van der Waals surface area contributed by atoms with Gasteiger partial charge in [-0.05, 0) is 17.0 Å². The summed E-state index contributed by atoms with van der Waals surface area (Å²) >= 11 is 1.29. The summed E-state index contributed by atoms with van der Waals surface area (Å²) in [5.74, 6) is 0.486. The van der Waals surface area contributed by atoms with Crippen molar-refractivity contribution in [2.45, 2.75) is 5.03 Å². The van der Waals surface area contributed by atoms with Gasteiger partial charge in [-0.2, -0.15) is 5.26 Å². The molecule has 5 heteroatoms. The van der Waals surface area contributed by atoms with Crippen LogP contribution in [0.4, 0.5) is 0 Å². The van der Waals surface area contributed by atoms with Gasteiger partial charge in [0.1, 0.15) is 22.5 Å². The quantitative estimate of drug-likeness (QED) is 0.582. The normalized spacial score (nSPS) is 10.5. The Bertz CT molecular complexity index is 919. The highest BCUT2D eigenvalue weighted by atomic mass is 32.2. The second kappa shape index (κ2) is 5.43. The van der Waals surface area contributed by atoms with Gasteiger partial charge in [0.15, 0.2) is 0 Å². The van der Waals surface area contributed by atoms with Crippen molar-refractivity contribution >= 4 is 22.5 Å². The number of nitrogens with zero attached hydrogens (tertiary/aromatic N) is 2. The third-order valence-corrected chi connectivity index (χ3v) is 3.92. The largest absolute Gasteiger partial charge is 0.305 e. The molecule has 0 spiro atoms. The molecule has 1 N–H and O–H groups in total. The van der Waals surface area contributed by atoms with Crippen molar-refractivity contribution in [3.8, 4) is 17.5 Å². The minimum Gasteiger partial charge on any atom is -0.305 e. The van der Waals surface area contributed by atoms with Crippen LogP contribution in [0.1, 0.15) is 5.56 Å². The lowest BCUT2D eigenvalue weighted by Gasteiger charge is -2.07. The predicted octanol–water partition coefficient (Wildman–Crippen LogP) is 3.18. The van der Waals surface area contributed by atoms with Gasteiger partial charge >= 0.3 is 0 Å². The monoisotopic (exact) mass is 293 g/mol. The number of aromatic amines is 1. The van der Waals surface area contributed by atoms with Crippen molar-refractivity contribution in [1.82, 2.24) is 9.97 Å². The lowest BCUT2D eigenvalue weighted by Crippen LogP contribution is -2.14. The second-order valence-electron chi connectivity index (χ2n) is 4.44. The van der Waals surface area contributed by atoms with E-state index in [-0.39, 0.29) is 5.56 Å². The molecule has 3 aromatic rings. The Labute approximate surface area is 125 Å². The maximum absolute atomic E-state index is 12.0. The summed E-state index contributed by atoms with van der Waals surface area (Å²) in [6, 6.07) is 15.7. The average molecular weight is 293 g/mol. The van der Waals surface area contributed by atoms with Crippen molar-refractivity contribution in [3.63, 3.8) is 0 Å². The molecule has 1 aromatic heterocycles. The zero-order valence-corrected chi connectivity index (χ0v) is 12.1. The molecule has 3 rings (SSSR count). The highest BCUT2D eigenvalue weighted by Crippen LogP contribution is 2.27. The molecule has 0 aliphatic carbocycles. The van der Waals surface area contributed by atoms with Crippen LogP contribution in [0.3, 0.4) is 0 Å². The Morgan fingerprint density at radius 1 is 1.19 bits per heavy atom. The standard InChI is InChI=1S/C16H11N3OS/c1-21-16-13(9-17)15(20)18-14(19-16)12-8-4-6-10-5-2-3-7-11(10)12/h2-8H,1H3,(H,18,19,20). The number of H-pyrrole nitrogens is 1. The molecular formula is C16H11N3OS. The molecule has 0 amide bonds. The number of fused-ring (bicyclic) bond motifs is 1. The van der Waals surface area contributed by atoms with E-state index in [4.69, 9.17) is 5.26 Å². The fourth-order valence-electron chi connectivity index (χ4n) is 2.26. The van der Waals surface area contributed by atoms with Crippen LogP contribution in [0.2, 0.25) is 0 Å². The van der Waals surface area contributed by atoms with Crippen LogP contribution in [-0.2, 0) is 0 Å². The topological polar surface area (TPSA) is 69.5 Å². The number of hydrogen-bond acceptors (Lipinski definition) is 4. The van der Waals surface area contributed by atoms with E-state index in [9.17, 15) is 4.79 Å². The fourth-order valence-corrected chi connectivity index (χ4v) is 2.78. The van der Waals surface area contributed by atoms with Gasteiger partial charge in [-0.1, -0.05) is 42.5 Å². The lowest BCUT2D eigenvalue weighted by atomic mass is 10.0. The highest BCUT2D eigenvalue weighted by Gasteiger charge is 2.13. The van der Waals surface area contributed by atoms with Crippen LogP contribution in [0, 0.1) is 11.3 Å². The number of rotatable bonds is 2. The molecule has 0 radical (unpaired) electrons. The van der Waals surface area contributed by atoms with Gasteiger partial charge in [-0.25, -0.2) is 4.98 Å². The lowest BCUT2D eigenvalue weighted by molar-refractivity contribution is 1.01. The molecule has 102 valence electrons. The summed E-state index contributed by atoms with van der Waals surface area (Å²) < 4.78 is 0. The molecule has 0 aliphatic heterocycles. The smallest absolute Gasteiger partial charge is 0.270 e. The summed E-state index contributed by atoms with van der Waals surface area (Å²) in [4.78, 5) is 19.2. The summed E-state index contributed by atoms with van der Waals surface area (Å²) in [5, 5.41) is 11.6. The van der Waals surface area contributed by atoms with Crippen LogP contribution < -0.4 is 5.56 Å². The van der Waals surface area contributed by atoms with Gasteiger partial charge in [0.25, 0.3) is 5.56 Å². The van der Waals surface area contributed by atoms with E-state index in [0.717, 1.165) is 16.3 Å². The number of benzene rings is 2. The summed E-state index contributed by atoms with van der Waals surface area (Å²) in [7, 11) is 0. The van der Waals surface area contributed by atoms with Gasteiger partial charge < -0.3 is 4.98 Å². The van der Waals surface area contributed by atoms with E-state index in [2.05, 4.69) is 9.97 Å². The first-order chi connectivity index (χ1) is 10.2. The molecule has 0 unspecified atom stereocenters. The maximum Gasteiger partial charge on any atom is 0.270 e. The maximum atomic E-state index is 12.0. The van der Waals surface area contributed by atoms with Crippen LogP contribution >= 0.6 is 11.8 Å². The van der Waals surface area contributed by atoms with Gasteiger partial charge in [0.05, 0.1) is 0 Å². The van der Waals surface area contributed by atoms with Crippen molar-refractivity contribution in [2.75, 3.05) is 6.26 Å². The molecule has 0 bridgehead atoms. The van der Waals surface area contributed by atoms with Crippen molar-refractivity contribution in [3.05, 3.63) is 58.4 Å². The number of nitriles is 1. The molecule has 0 fully saturated rings. The van der Waals surface area contributed by atoms with Gasteiger partial charge in [0, 0.05) is 5.56 Å². The molecule has 2 aromatic carbocycles. The Hall–Kier alpha value is -2.58. The van der Waals surface area contributed by atoms with Gasteiger partial charge in [0.2, 0.25) is 0 Å². The fraction of sp³-hybridized carbons (Fsp3) is 0.0625. The molecular weight excluding hydrogens is 282 g/mol. The van der Waals surface area contributed by atoms with Crippen LogP contribution in [0.15, 0.2) is 52.3 Å². The number of nitrogens with one attached hydrogen (secondary N) is 1. The van der Waals surface area contributed by atoms with Crippen molar-refractivity contribution < 1.29 is 0 Å². The molecule has 0 aliphatic rings. The van der Waals surface area contributed by atoms with E-state index in [1.165, 1.54) is 11.8 Å². The minimum atomic E-state index is -0.403. The Morgan fingerprint density at radius 2 is 1.95 bits per heavy atom.